The third kappa shape index (κ3) is 5.58. The predicted octanol–water partition coefficient (Wildman–Crippen LogP) is 3.72. The van der Waals surface area contributed by atoms with E-state index in [1.165, 1.54) is 0 Å². The van der Waals surface area contributed by atoms with Gasteiger partial charge in [0, 0.05) is 29.2 Å². The number of benzene rings is 2. The van der Waals surface area contributed by atoms with Gasteiger partial charge in [-0.1, -0.05) is 36.7 Å². The van der Waals surface area contributed by atoms with Crippen LogP contribution < -0.4 is 10.6 Å². The first-order valence-electron chi connectivity index (χ1n) is 8.50. The van der Waals surface area contributed by atoms with Crippen molar-refractivity contribution in [3.63, 3.8) is 0 Å². The summed E-state index contributed by atoms with van der Waals surface area (Å²) >= 11 is 5.95. The van der Waals surface area contributed by atoms with Crippen LogP contribution in [0.1, 0.15) is 35.3 Å². The van der Waals surface area contributed by atoms with Crippen LogP contribution >= 0.6 is 11.6 Å². The maximum absolute atomic E-state index is 12.5. The maximum atomic E-state index is 12.5. The van der Waals surface area contributed by atoms with Crippen LogP contribution in [0.15, 0.2) is 48.5 Å². The van der Waals surface area contributed by atoms with Crippen LogP contribution in [0.5, 0.6) is 0 Å². The summed E-state index contributed by atoms with van der Waals surface area (Å²) in [6.07, 6.45) is 0.391. The predicted molar refractivity (Wildman–Crippen MR) is 106 cm³/mol. The van der Waals surface area contributed by atoms with E-state index in [2.05, 4.69) is 10.6 Å². The average Bonchev–Trinajstić information content (AvgIpc) is 2.63. The zero-order valence-corrected chi connectivity index (χ0v) is 16.0. The molecule has 0 aliphatic rings. The molecule has 2 aromatic rings. The van der Waals surface area contributed by atoms with Gasteiger partial charge in [0.15, 0.2) is 0 Å². The third-order valence-corrected chi connectivity index (χ3v) is 4.32. The molecule has 0 spiro atoms. The molecule has 0 aliphatic carbocycles. The fourth-order valence-corrected chi connectivity index (χ4v) is 2.69. The van der Waals surface area contributed by atoms with Crippen LogP contribution in [0.3, 0.4) is 0 Å². The maximum Gasteiger partial charge on any atom is 0.251 e. The van der Waals surface area contributed by atoms with Crippen molar-refractivity contribution in [3.05, 3.63) is 64.7 Å². The van der Waals surface area contributed by atoms with Gasteiger partial charge in [0.05, 0.1) is 6.04 Å². The smallest absolute Gasteiger partial charge is 0.251 e. The number of hydrogen-bond donors (Lipinski definition) is 2. The minimum absolute atomic E-state index is 0.0270. The van der Waals surface area contributed by atoms with E-state index in [1.807, 2.05) is 43.3 Å². The van der Waals surface area contributed by atoms with E-state index in [4.69, 9.17) is 11.6 Å². The monoisotopic (exact) mass is 373 g/mol. The fraction of sp³-hybridized carbons (Fsp3) is 0.300. The van der Waals surface area contributed by atoms with E-state index in [1.54, 1.807) is 31.2 Å². The number of amides is 2. The Kier molecular flexibility index (Phi) is 7.18. The number of halogens is 1. The number of rotatable bonds is 7. The zero-order valence-electron chi connectivity index (χ0n) is 15.3. The number of likely N-dealkylation sites (N-methyl/N-ethyl adjacent to an activating group) is 1. The molecule has 2 rings (SSSR count). The molecule has 0 bridgehead atoms. The Bertz CT molecular complexity index is 760. The summed E-state index contributed by atoms with van der Waals surface area (Å²) in [4.78, 5) is 26.1. The topological polar surface area (TPSA) is 61.4 Å². The molecule has 2 amide bonds. The minimum atomic E-state index is -0.182. The lowest BCUT2D eigenvalue weighted by Gasteiger charge is -2.25. The molecule has 26 heavy (non-hydrogen) atoms. The van der Waals surface area contributed by atoms with Crippen molar-refractivity contribution in [2.24, 2.45) is 0 Å². The molecule has 0 aromatic heterocycles. The Morgan fingerprint density at radius 3 is 2.42 bits per heavy atom. The molecule has 1 atom stereocenters. The molecule has 2 aromatic carbocycles. The lowest BCUT2D eigenvalue weighted by Crippen LogP contribution is -2.34. The summed E-state index contributed by atoms with van der Waals surface area (Å²) in [5, 5.41) is 6.40. The van der Waals surface area contributed by atoms with E-state index >= 15 is 0 Å². The molecule has 0 saturated heterocycles. The molecule has 0 radical (unpaired) electrons. The molecule has 6 heteroatoms. The summed E-state index contributed by atoms with van der Waals surface area (Å²) in [6.45, 7) is 2.24. The van der Waals surface area contributed by atoms with E-state index in [-0.39, 0.29) is 17.9 Å². The molecule has 0 aliphatic heterocycles. The van der Waals surface area contributed by atoms with Crippen molar-refractivity contribution < 1.29 is 9.59 Å². The summed E-state index contributed by atoms with van der Waals surface area (Å²) in [7, 11) is 3.93. The summed E-state index contributed by atoms with van der Waals surface area (Å²) in [5.74, 6) is -0.267. The molecule has 2 N–H and O–H groups in total. The van der Waals surface area contributed by atoms with Crippen molar-refractivity contribution in [2.45, 2.75) is 19.4 Å². The van der Waals surface area contributed by atoms with Gasteiger partial charge in [-0.05, 0) is 50.0 Å². The van der Waals surface area contributed by atoms with Crippen molar-refractivity contribution >= 4 is 29.1 Å². The lowest BCUT2D eigenvalue weighted by atomic mass is 10.1. The van der Waals surface area contributed by atoms with Gasteiger partial charge in [0.2, 0.25) is 5.91 Å². The highest BCUT2D eigenvalue weighted by Gasteiger charge is 2.16. The van der Waals surface area contributed by atoms with E-state index in [9.17, 15) is 9.59 Å². The molecule has 0 fully saturated rings. The van der Waals surface area contributed by atoms with E-state index < -0.39 is 0 Å². The van der Waals surface area contributed by atoms with Crippen LogP contribution in [0.25, 0.3) is 0 Å². The Morgan fingerprint density at radius 2 is 1.81 bits per heavy atom. The highest BCUT2D eigenvalue weighted by molar-refractivity contribution is 6.30. The third-order valence-electron chi connectivity index (χ3n) is 4.06. The highest BCUT2D eigenvalue weighted by Crippen LogP contribution is 2.20. The van der Waals surface area contributed by atoms with Gasteiger partial charge in [-0.25, -0.2) is 0 Å². The van der Waals surface area contributed by atoms with E-state index in [0.717, 1.165) is 5.56 Å². The molecular formula is C20H24ClN3O2. The summed E-state index contributed by atoms with van der Waals surface area (Å²) in [5.41, 5.74) is 2.20. The van der Waals surface area contributed by atoms with Gasteiger partial charge >= 0.3 is 0 Å². The van der Waals surface area contributed by atoms with E-state index in [0.29, 0.717) is 29.2 Å². The number of nitrogens with one attached hydrogen (secondary N) is 2. The standard InChI is InChI=1S/C20H24ClN3O2/c1-4-19(25)23-17-7-5-6-15(12-17)20(26)22-13-18(24(2)3)14-8-10-16(21)11-9-14/h5-12,18H,4,13H2,1-3H3,(H,22,26)(H,23,25)/t18-/m1/s1. The van der Waals surface area contributed by atoms with Crippen molar-refractivity contribution in [2.75, 3.05) is 26.0 Å². The Labute approximate surface area is 159 Å². The number of anilines is 1. The first-order chi connectivity index (χ1) is 12.4. The first-order valence-corrected chi connectivity index (χ1v) is 8.88. The van der Waals surface area contributed by atoms with Gasteiger partial charge in [-0.2, -0.15) is 0 Å². The van der Waals surface area contributed by atoms with Crippen LogP contribution in [0.2, 0.25) is 5.02 Å². The van der Waals surface area contributed by atoms with Crippen LogP contribution in [0.4, 0.5) is 5.69 Å². The number of carbonyl (C=O) groups excluding carboxylic acids is 2. The van der Waals surface area contributed by atoms with Crippen LogP contribution in [0, 0.1) is 0 Å². The zero-order chi connectivity index (χ0) is 19.1. The van der Waals surface area contributed by atoms with Gasteiger partial charge in [0.25, 0.3) is 5.91 Å². The first kappa shape index (κ1) is 19.9. The second kappa shape index (κ2) is 9.36. The average molecular weight is 374 g/mol. The van der Waals surface area contributed by atoms with Gasteiger partial charge in [-0.3, -0.25) is 9.59 Å². The molecular weight excluding hydrogens is 350 g/mol. The number of hydrogen-bond acceptors (Lipinski definition) is 3. The van der Waals surface area contributed by atoms with Gasteiger partial charge in [0.1, 0.15) is 0 Å². The Balaban J connectivity index is 2.05. The lowest BCUT2D eigenvalue weighted by molar-refractivity contribution is -0.115. The second-order valence-corrected chi connectivity index (χ2v) is 6.66. The second-order valence-electron chi connectivity index (χ2n) is 6.22. The molecule has 5 nitrogen and oxygen atoms in total. The Hall–Kier alpha value is -2.37. The SMILES string of the molecule is CCC(=O)Nc1cccc(C(=O)NC[C@H](c2ccc(Cl)cc2)N(C)C)c1. The quantitative estimate of drug-likeness (QED) is 0.777. The largest absolute Gasteiger partial charge is 0.350 e. The molecule has 0 unspecified atom stereocenters. The van der Waals surface area contributed by atoms with Crippen LogP contribution in [-0.2, 0) is 4.79 Å². The molecule has 138 valence electrons. The van der Waals surface area contributed by atoms with Gasteiger partial charge in [-0.15, -0.1) is 0 Å². The van der Waals surface area contributed by atoms with Crippen molar-refractivity contribution in [1.29, 1.82) is 0 Å². The summed E-state index contributed by atoms with van der Waals surface area (Å²) in [6, 6.07) is 14.5. The highest BCUT2D eigenvalue weighted by atomic mass is 35.5. The summed E-state index contributed by atoms with van der Waals surface area (Å²) < 4.78 is 0. The normalized spacial score (nSPS) is 11.9. The Morgan fingerprint density at radius 1 is 1.12 bits per heavy atom. The van der Waals surface area contributed by atoms with Crippen molar-refractivity contribution in [3.8, 4) is 0 Å². The number of carbonyl (C=O) groups is 2. The minimum Gasteiger partial charge on any atom is -0.350 e. The molecule has 0 saturated carbocycles. The van der Waals surface area contributed by atoms with Gasteiger partial charge < -0.3 is 15.5 Å². The fourth-order valence-electron chi connectivity index (χ4n) is 2.56. The molecule has 0 heterocycles. The number of nitrogens with zero attached hydrogens (tertiary/aromatic N) is 1. The van der Waals surface area contributed by atoms with Crippen molar-refractivity contribution in [1.82, 2.24) is 10.2 Å². The van der Waals surface area contributed by atoms with Crippen LogP contribution in [-0.4, -0.2) is 37.4 Å².